The molecule has 0 aromatic carbocycles. The van der Waals surface area contributed by atoms with Gasteiger partial charge in [0.2, 0.25) is 16.5 Å². The van der Waals surface area contributed by atoms with Crippen LogP contribution in [0.4, 0.5) is 4.79 Å². The van der Waals surface area contributed by atoms with Crippen LogP contribution in [0.3, 0.4) is 0 Å². The fourth-order valence-electron chi connectivity index (χ4n) is 4.81. The second-order valence-corrected chi connectivity index (χ2v) is 11.5. The number of fused-ring (bicyclic) bond motifs is 2. The normalized spacial score (nSPS) is 25.5. The van der Waals surface area contributed by atoms with E-state index in [0.29, 0.717) is 18.8 Å². The summed E-state index contributed by atoms with van der Waals surface area (Å²) in [6.07, 6.45) is 3.19. The van der Waals surface area contributed by atoms with E-state index in [1.807, 2.05) is 13.8 Å². The van der Waals surface area contributed by atoms with E-state index in [2.05, 4.69) is 31.3 Å². The van der Waals surface area contributed by atoms with Crippen molar-refractivity contribution in [3.05, 3.63) is 16.6 Å². The van der Waals surface area contributed by atoms with Gasteiger partial charge in [-0.2, -0.15) is 0 Å². The highest BCUT2D eigenvalue weighted by Crippen LogP contribution is 2.30. The first kappa shape index (κ1) is 29.6. The van der Waals surface area contributed by atoms with Crippen LogP contribution in [0, 0.1) is 11.8 Å². The van der Waals surface area contributed by atoms with E-state index in [1.54, 1.807) is 47.0 Å². The molecule has 2 aliphatic heterocycles. The lowest BCUT2D eigenvalue weighted by molar-refractivity contribution is -0.149. The number of ether oxygens (including phenoxy) is 2. The van der Waals surface area contributed by atoms with Gasteiger partial charge in [0.1, 0.15) is 23.5 Å². The van der Waals surface area contributed by atoms with Crippen LogP contribution in [0.5, 0.6) is 0 Å². The molecule has 2 aliphatic rings. The number of amides is 3. The molecule has 4 atom stereocenters. The molecule has 0 unspecified atom stereocenters. The number of likely N-dealkylation sites (N-methyl/N-ethyl adjacent to an activating group) is 1. The number of halogens is 1. The lowest BCUT2D eigenvalue weighted by atomic mass is 9.95. The number of hydrogen-bond donors (Lipinski definition) is 1. The quantitative estimate of drug-likeness (QED) is 0.524. The third-order valence-electron chi connectivity index (χ3n) is 6.44. The SMILES string of the molecule is CCOC(=O)[C@@H]1Cc2nc(Br)nn2/C=C/[C@@H]2[C@H](CCN2C(=O)OC(C)(C)C)C(=O)N(C)[C@@H](C(C)C)C(=O)N1. The van der Waals surface area contributed by atoms with Gasteiger partial charge >= 0.3 is 12.1 Å². The Kier molecular flexibility index (Phi) is 9.21. The number of likely N-dealkylation sites (tertiary alicyclic amines) is 1. The Morgan fingerprint density at radius 1 is 1.26 bits per heavy atom. The number of esters is 1. The van der Waals surface area contributed by atoms with E-state index < -0.39 is 47.6 Å². The Hall–Kier alpha value is -2.96. The van der Waals surface area contributed by atoms with Crippen LogP contribution in [0.1, 0.15) is 53.8 Å². The van der Waals surface area contributed by atoms with Gasteiger partial charge in [-0.25, -0.2) is 19.3 Å². The number of carbonyl (C=O) groups excluding carboxylic acids is 4. The molecule has 3 rings (SSSR count). The molecule has 0 bridgehead atoms. The minimum absolute atomic E-state index is 0.000134. The average Bonchev–Trinajstić information content (AvgIpc) is 3.37. The molecule has 1 N–H and O–H groups in total. The maximum atomic E-state index is 13.8. The number of rotatable bonds is 3. The van der Waals surface area contributed by atoms with Crippen molar-refractivity contribution in [2.45, 2.75) is 78.1 Å². The van der Waals surface area contributed by atoms with Gasteiger partial charge in [0.25, 0.3) is 0 Å². The summed E-state index contributed by atoms with van der Waals surface area (Å²) in [5.74, 6) is -1.88. The van der Waals surface area contributed by atoms with E-state index in [4.69, 9.17) is 9.47 Å². The van der Waals surface area contributed by atoms with Crippen molar-refractivity contribution in [1.29, 1.82) is 0 Å². The molecule has 0 saturated carbocycles. The molecule has 0 aliphatic carbocycles. The summed E-state index contributed by atoms with van der Waals surface area (Å²) < 4.78 is 12.5. The largest absolute Gasteiger partial charge is 0.464 e. The molecule has 1 aromatic heterocycles. The van der Waals surface area contributed by atoms with Crippen LogP contribution >= 0.6 is 15.9 Å². The van der Waals surface area contributed by atoms with Crippen LogP contribution in [0.2, 0.25) is 0 Å². The predicted molar refractivity (Wildman–Crippen MR) is 142 cm³/mol. The number of carbonyl (C=O) groups is 4. The molecule has 1 aromatic rings. The van der Waals surface area contributed by atoms with Crippen LogP contribution in [-0.4, -0.2) is 92.4 Å². The van der Waals surface area contributed by atoms with Crippen LogP contribution < -0.4 is 5.32 Å². The minimum atomic E-state index is -1.05. The summed E-state index contributed by atoms with van der Waals surface area (Å²) in [5.41, 5.74) is -0.712. The van der Waals surface area contributed by atoms with E-state index >= 15 is 0 Å². The summed E-state index contributed by atoms with van der Waals surface area (Å²) in [5, 5.41) is 7.10. The molecule has 0 spiro atoms. The van der Waals surface area contributed by atoms with Crippen molar-refractivity contribution in [3.63, 3.8) is 0 Å². The Labute approximate surface area is 231 Å². The highest BCUT2D eigenvalue weighted by atomic mass is 79.9. The van der Waals surface area contributed by atoms with Crippen molar-refractivity contribution in [3.8, 4) is 0 Å². The van der Waals surface area contributed by atoms with Gasteiger partial charge in [0, 0.05) is 26.2 Å². The zero-order valence-corrected chi connectivity index (χ0v) is 24.5. The van der Waals surface area contributed by atoms with Gasteiger partial charge < -0.3 is 24.6 Å². The van der Waals surface area contributed by atoms with Gasteiger partial charge in [0.15, 0.2) is 0 Å². The standard InChI is InChI=1S/C25H37BrN6O6/c1-8-37-22(35)16-13-18-28-23(26)29-32(18)12-10-17-15(9-11-31(17)24(36)38-25(4,5)6)21(34)30(7)19(14(2)3)20(33)27-16/h10,12,14-17,19H,8-9,11,13H2,1-7H3,(H,27,33)/b12-10+/t15-,16-,17+,19-/m0/s1. The van der Waals surface area contributed by atoms with Crippen LogP contribution in [0.15, 0.2) is 10.8 Å². The molecule has 0 radical (unpaired) electrons. The zero-order chi connectivity index (χ0) is 28.4. The van der Waals surface area contributed by atoms with Crippen LogP contribution in [-0.2, 0) is 30.3 Å². The zero-order valence-electron chi connectivity index (χ0n) is 22.9. The first-order chi connectivity index (χ1) is 17.7. The topological polar surface area (TPSA) is 136 Å². The highest BCUT2D eigenvalue weighted by Gasteiger charge is 2.45. The number of nitrogens with one attached hydrogen (secondary N) is 1. The molecule has 12 nitrogen and oxygen atoms in total. The van der Waals surface area contributed by atoms with Crippen molar-refractivity contribution < 1.29 is 28.7 Å². The summed E-state index contributed by atoms with van der Waals surface area (Å²) in [4.78, 5) is 60.5. The van der Waals surface area contributed by atoms with E-state index in [1.165, 1.54) is 14.5 Å². The van der Waals surface area contributed by atoms with Crippen LogP contribution in [0.25, 0.3) is 6.20 Å². The second-order valence-electron chi connectivity index (χ2n) is 10.8. The highest BCUT2D eigenvalue weighted by molar-refractivity contribution is 9.10. The Morgan fingerprint density at radius 3 is 2.55 bits per heavy atom. The fraction of sp³-hybridized carbons (Fsp3) is 0.680. The maximum Gasteiger partial charge on any atom is 0.410 e. The Morgan fingerprint density at radius 2 is 1.95 bits per heavy atom. The monoisotopic (exact) mass is 596 g/mol. The first-order valence-corrected chi connectivity index (χ1v) is 13.5. The minimum Gasteiger partial charge on any atom is -0.464 e. The van der Waals surface area contributed by atoms with Gasteiger partial charge in [-0.3, -0.25) is 9.59 Å². The third-order valence-corrected chi connectivity index (χ3v) is 6.77. The molecular weight excluding hydrogens is 560 g/mol. The molecule has 1 fully saturated rings. The lowest BCUT2D eigenvalue weighted by Gasteiger charge is -2.34. The maximum absolute atomic E-state index is 13.8. The fourth-order valence-corrected chi connectivity index (χ4v) is 5.19. The average molecular weight is 598 g/mol. The molecule has 1 saturated heterocycles. The summed E-state index contributed by atoms with van der Waals surface area (Å²) in [6.45, 7) is 11.1. The summed E-state index contributed by atoms with van der Waals surface area (Å²) in [7, 11) is 1.58. The summed E-state index contributed by atoms with van der Waals surface area (Å²) in [6, 6.07) is -2.55. The smallest absolute Gasteiger partial charge is 0.410 e. The van der Waals surface area contributed by atoms with Gasteiger partial charge in [-0.15, -0.1) is 5.10 Å². The van der Waals surface area contributed by atoms with Crippen molar-refractivity contribution in [1.82, 2.24) is 29.9 Å². The van der Waals surface area contributed by atoms with Gasteiger partial charge in [0.05, 0.1) is 18.6 Å². The lowest BCUT2D eigenvalue weighted by Crippen LogP contribution is -2.56. The number of nitrogens with zero attached hydrogens (tertiary/aromatic N) is 5. The van der Waals surface area contributed by atoms with Crippen molar-refractivity contribution >= 4 is 46.0 Å². The molecule has 13 heteroatoms. The van der Waals surface area contributed by atoms with Crippen molar-refractivity contribution in [2.75, 3.05) is 20.2 Å². The van der Waals surface area contributed by atoms with Crippen molar-refractivity contribution in [2.24, 2.45) is 11.8 Å². The molecule has 3 heterocycles. The number of hydrogen-bond acceptors (Lipinski definition) is 8. The van der Waals surface area contributed by atoms with E-state index in [9.17, 15) is 19.2 Å². The van der Waals surface area contributed by atoms with E-state index in [0.717, 1.165) is 0 Å². The second kappa shape index (κ2) is 11.8. The molecule has 38 heavy (non-hydrogen) atoms. The third kappa shape index (κ3) is 6.72. The molecular formula is C25H37BrN6O6. The summed E-state index contributed by atoms with van der Waals surface area (Å²) >= 11 is 3.27. The predicted octanol–water partition coefficient (Wildman–Crippen LogP) is 2.22. The Balaban J connectivity index is 2.10. The van der Waals surface area contributed by atoms with Gasteiger partial charge in [-0.05, 0) is 62.0 Å². The van der Waals surface area contributed by atoms with E-state index in [-0.39, 0.29) is 29.6 Å². The van der Waals surface area contributed by atoms with Gasteiger partial charge in [-0.1, -0.05) is 13.8 Å². The first-order valence-electron chi connectivity index (χ1n) is 12.8. The Bertz CT molecular complexity index is 1100. The molecule has 3 amide bonds. The molecule has 210 valence electrons. The number of aromatic nitrogens is 3.